The Morgan fingerprint density at radius 1 is 1.56 bits per heavy atom. The number of benzene rings is 1. The summed E-state index contributed by atoms with van der Waals surface area (Å²) in [5.41, 5.74) is 0.272. The number of nitrogens with zero attached hydrogens (tertiary/aromatic N) is 1. The van der Waals surface area contributed by atoms with Crippen LogP contribution in [0.25, 0.3) is 0 Å². The van der Waals surface area contributed by atoms with Crippen molar-refractivity contribution in [2.24, 2.45) is 0 Å². The number of halogens is 3. The minimum absolute atomic E-state index is 0.00229. The molecular weight excluding hydrogens is 284 g/mol. The van der Waals surface area contributed by atoms with E-state index in [1.165, 1.54) is 24.1 Å². The summed E-state index contributed by atoms with van der Waals surface area (Å²) in [5, 5.41) is 8.94. The van der Waals surface area contributed by atoms with Gasteiger partial charge in [0.2, 0.25) is 0 Å². The van der Waals surface area contributed by atoms with Gasteiger partial charge in [0.05, 0.1) is 17.8 Å². The molecule has 3 nitrogen and oxygen atoms in total. The number of hydrogen-bond donors (Lipinski definition) is 1. The van der Waals surface area contributed by atoms with E-state index in [2.05, 4.69) is 15.9 Å². The largest absolute Gasteiger partial charge is 0.478 e. The molecule has 0 atom stereocenters. The lowest BCUT2D eigenvalue weighted by Gasteiger charge is -2.20. The van der Waals surface area contributed by atoms with Crippen LogP contribution >= 0.6 is 15.9 Å². The lowest BCUT2D eigenvalue weighted by molar-refractivity contribution is 0.0697. The van der Waals surface area contributed by atoms with Crippen molar-refractivity contribution in [2.75, 3.05) is 18.5 Å². The maximum atomic E-state index is 12.2. The van der Waals surface area contributed by atoms with Crippen LogP contribution in [0.15, 0.2) is 22.7 Å². The fraction of sp³-hybridized carbons (Fsp3) is 0.300. The van der Waals surface area contributed by atoms with Crippen molar-refractivity contribution in [1.29, 1.82) is 0 Å². The molecule has 1 aromatic rings. The maximum Gasteiger partial charge on any atom is 0.337 e. The summed E-state index contributed by atoms with van der Waals surface area (Å²) in [5.74, 6) is -1.14. The second-order valence-electron chi connectivity index (χ2n) is 3.24. The van der Waals surface area contributed by atoms with E-state index in [4.69, 9.17) is 5.11 Å². The van der Waals surface area contributed by atoms with E-state index in [9.17, 15) is 13.6 Å². The highest BCUT2D eigenvalue weighted by Gasteiger charge is 2.16. The Hall–Kier alpha value is -1.17. The van der Waals surface area contributed by atoms with Gasteiger partial charge in [0.15, 0.2) is 0 Å². The van der Waals surface area contributed by atoms with Crippen LogP contribution in [0.5, 0.6) is 0 Å². The molecule has 1 rings (SSSR count). The van der Waals surface area contributed by atoms with Crippen LogP contribution in [0.2, 0.25) is 0 Å². The summed E-state index contributed by atoms with van der Waals surface area (Å²) in [6.45, 7) is -0.498. The van der Waals surface area contributed by atoms with Crippen molar-refractivity contribution in [3.63, 3.8) is 0 Å². The van der Waals surface area contributed by atoms with Gasteiger partial charge in [-0.05, 0) is 18.2 Å². The number of carbonyl (C=O) groups is 1. The molecule has 0 fully saturated rings. The lowest BCUT2D eigenvalue weighted by atomic mass is 10.1. The molecule has 0 bridgehead atoms. The van der Waals surface area contributed by atoms with Gasteiger partial charge < -0.3 is 10.0 Å². The van der Waals surface area contributed by atoms with E-state index in [1.54, 1.807) is 6.07 Å². The lowest BCUT2D eigenvalue weighted by Crippen LogP contribution is -2.25. The summed E-state index contributed by atoms with van der Waals surface area (Å²) < 4.78 is 25.0. The highest BCUT2D eigenvalue weighted by atomic mass is 79.9. The predicted octanol–water partition coefficient (Wildman–Crippen LogP) is 2.85. The second-order valence-corrected chi connectivity index (χ2v) is 4.15. The van der Waals surface area contributed by atoms with Gasteiger partial charge in [-0.15, -0.1) is 0 Å². The van der Waals surface area contributed by atoms with Gasteiger partial charge >= 0.3 is 5.97 Å². The van der Waals surface area contributed by atoms with Crippen LogP contribution in [0.4, 0.5) is 14.5 Å². The Morgan fingerprint density at radius 3 is 2.69 bits per heavy atom. The Kier molecular flexibility index (Phi) is 4.23. The average Bonchev–Trinajstić information content (AvgIpc) is 2.16. The Balaban J connectivity index is 3.07. The first kappa shape index (κ1) is 12.9. The van der Waals surface area contributed by atoms with Crippen LogP contribution in [0.3, 0.4) is 0 Å². The van der Waals surface area contributed by atoms with Gasteiger partial charge in [-0.25, -0.2) is 13.6 Å². The third-order valence-electron chi connectivity index (χ3n) is 2.01. The van der Waals surface area contributed by atoms with E-state index in [0.717, 1.165) is 0 Å². The van der Waals surface area contributed by atoms with Crippen LogP contribution in [-0.2, 0) is 0 Å². The summed E-state index contributed by atoms with van der Waals surface area (Å²) in [7, 11) is 1.43. The fourth-order valence-corrected chi connectivity index (χ4v) is 1.68. The molecule has 0 unspecified atom stereocenters. The monoisotopic (exact) mass is 293 g/mol. The number of anilines is 1. The third-order valence-corrected chi connectivity index (χ3v) is 2.51. The molecular formula is C10H10BrF2NO2. The van der Waals surface area contributed by atoms with Crippen molar-refractivity contribution in [3.05, 3.63) is 28.2 Å². The van der Waals surface area contributed by atoms with Crippen molar-refractivity contribution in [3.8, 4) is 0 Å². The molecule has 1 N–H and O–H groups in total. The predicted molar refractivity (Wildman–Crippen MR) is 60.4 cm³/mol. The van der Waals surface area contributed by atoms with E-state index in [0.29, 0.717) is 4.47 Å². The van der Waals surface area contributed by atoms with Crippen LogP contribution in [-0.4, -0.2) is 31.1 Å². The Labute approximate surface area is 99.8 Å². The van der Waals surface area contributed by atoms with E-state index < -0.39 is 18.9 Å². The van der Waals surface area contributed by atoms with Gasteiger partial charge in [0.1, 0.15) is 0 Å². The molecule has 0 aromatic heterocycles. The average molecular weight is 294 g/mol. The summed E-state index contributed by atoms with van der Waals surface area (Å²) in [6, 6.07) is 4.50. The molecule has 0 heterocycles. The molecule has 1 aromatic carbocycles. The second kappa shape index (κ2) is 5.25. The Morgan fingerprint density at radius 2 is 2.19 bits per heavy atom. The molecule has 0 aliphatic rings. The molecule has 0 radical (unpaired) electrons. The standard InChI is InChI=1S/C10H10BrF2NO2/c1-14(5-9(12)13)8-3-2-6(11)4-7(8)10(15)16/h2-4,9H,5H2,1H3,(H,15,16). The number of carboxylic acids is 1. The molecule has 6 heteroatoms. The zero-order chi connectivity index (χ0) is 12.3. The topological polar surface area (TPSA) is 40.5 Å². The van der Waals surface area contributed by atoms with E-state index in [1.807, 2.05) is 0 Å². The van der Waals surface area contributed by atoms with E-state index >= 15 is 0 Å². The van der Waals surface area contributed by atoms with E-state index in [-0.39, 0.29) is 11.3 Å². The molecule has 0 aliphatic carbocycles. The molecule has 0 spiro atoms. The maximum absolute atomic E-state index is 12.2. The molecule has 0 amide bonds. The fourth-order valence-electron chi connectivity index (χ4n) is 1.32. The van der Waals surface area contributed by atoms with Crippen LogP contribution < -0.4 is 4.90 Å². The van der Waals surface area contributed by atoms with Crippen LogP contribution in [0, 0.1) is 0 Å². The Bertz CT molecular complexity index is 398. The minimum Gasteiger partial charge on any atom is -0.478 e. The number of aromatic carboxylic acids is 1. The van der Waals surface area contributed by atoms with Gasteiger partial charge in [-0.3, -0.25) is 0 Å². The number of rotatable bonds is 4. The molecule has 0 saturated heterocycles. The van der Waals surface area contributed by atoms with Crippen LogP contribution in [0.1, 0.15) is 10.4 Å². The highest BCUT2D eigenvalue weighted by Crippen LogP contribution is 2.24. The first-order valence-corrected chi connectivity index (χ1v) is 5.23. The summed E-state index contributed by atoms with van der Waals surface area (Å²) in [4.78, 5) is 12.2. The minimum atomic E-state index is -2.50. The third kappa shape index (κ3) is 3.16. The molecule has 0 saturated carbocycles. The highest BCUT2D eigenvalue weighted by molar-refractivity contribution is 9.10. The van der Waals surface area contributed by atoms with Gasteiger partial charge in [-0.1, -0.05) is 15.9 Å². The quantitative estimate of drug-likeness (QED) is 0.928. The molecule has 16 heavy (non-hydrogen) atoms. The SMILES string of the molecule is CN(CC(F)F)c1ccc(Br)cc1C(=O)O. The zero-order valence-corrected chi connectivity index (χ0v) is 10.0. The number of carboxylic acid groups (broad SMARTS) is 1. The first-order chi connectivity index (χ1) is 7.41. The first-order valence-electron chi connectivity index (χ1n) is 4.44. The van der Waals surface area contributed by atoms with Gasteiger partial charge in [-0.2, -0.15) is 0 Å². The summed E-state index contributed by atoms with van der Waals surface area (Å²) in [6.07, 6.45) is -2.50. The number of alkyl halides is 2. The van der Waals surface area contributed by atoms with Crippen molar-refractivity contribution < 1.29 is 18.7 Å². The molecule has 0 aliphatic heterocycles. The van der Waals surface area contributed by atoms with Gasteiger partial charge in [0.25, 0.3) is 6.43 Å². The van der Waals surface area contributed by atoms with Crippen molar-refractivity contribution >= 4 is 27.6 Å². The summed E-state index contributed by atoms with van der Waals surface area (Å²) >= 11 is 3.13. The normalized spacial score (nSPS) is 10.6. The number of hydrogen-bond acceptors (Lipinski definition) is 2. The zero-order valence-electron chi connectivity index (χ0n) is 8.45. The van der Waals surface area contributed by atoms with Gasteiger partial charge in [0, 0.05) is 11.5 Å². The smallest absolute Gasteiger partial charge is 0.337 e. The molecule has 88 valence electrons. The van der Waals surface area contributed by atoms with Crippen molar-refractivity contribution in [1.82, 2.24) is 0 Å². The van der Waals surface area contributed by atoms with Crippen molar-refractivity contribution in [2.45, 2.75) is 6.43 Å².